The molecule has 1 aliphatic heterocycles. The molecule has 1 aliphatic rings. The molecular weight excluding hydrogens is 258 g/mol. The van der Waals surface area contributed by atoms with Crippen molar-refractivity contribution in [3.05, 3.63) is 35.4 Å². The largest absolute Gasteiger partial charge is 0.478 e. The second-order valence-corrected chi connectivity index (χ2v) is 7.40. The van der Waals surface area contributed by atoms with Crippen molar-refractivity contribution in [3.8, 4) is 0 Å². The first-order chi connectivity index (χ1) is 8.98. The molecule has 0 radical (unpaired) electrons. The molecule has 2 rings (SSSR count). The molecule has 3 nitrogen and oxygen atoms in total. The molecule has 1 aromatic carbocycles. The molecule has 1 aromatic rings. The molecule has 104 valence electrons. The van der Waals surface area contributed by atoms with Crippen LogP contribution in [0, 0.1) is 0 Å². The third kappa shape index (κ3) is 3.98. The van der Waals surface area contributed by atoms with Gasteiger partial charge in [0.1, 0.15) is 0 Å². The highest BCUT2D eigenvalue weighted by molar-refractivity contribution is 8.00. The fourth-order valence-corrected chi connectivity index (χ4v) is 3.47. The van der Waals surface area contributed by atoms with E-state index in [9.17, 15) is 9.90 Å². The smallest absolute Gasteiger partial charge is 0.336 e. The summed E-state index contributed by atoms with van der Waals surface area (Å²) in [6.45, 7) is 7.37. The van der Waals surface area contributed by atoms with Gasteiger partial charge < -0.3 is 5.11 Å². The molecule has 0 atom stereocenters. The van der Waals surface area contributed by atoms with E-state index in [2.05, 4.69) is 18.7 Å². The van der Waals surface area contributed by atoms with E-state index in [-0.39, 0.29) is 0 Å². The number of carbonyl (C=O) groups is 1. The van der Waals surface area contributed by atoms with Gasteiger partial charge in [-0.15, -0.1) is 0 Å². The Bertz CT molecular complexity index is 459. The van der Waals surface area contributed by atoms with Gasteiger partial charge in [0.2, 0.25) is 0 Å². The van der Waals surface area contributed by atoms with Crippen molar-refractivity contribution in [2.45, 2.75) is 31.6 Å². The first kappa shape index (κ1) is 14.4. The molecule has 1 fully saturated rings. The molecule has 0 bridgehead atoms. The van der Waals surface area contributed by atoms with Gasteiger partial charge in [0, 0.05) is 23.6 Å². The SMILES string of the molecule is CC1(C)CCN(Cc2ccccc2C(=O)O)CCS1. The first-order valence-corrected chi connectivity index (χ1v) is 7.64. The molecule has 1 N–H and O–H groups in total. The van der Waals surface area contributed by atoms with Gasteiger partial charge in [0.25, 0.3) is 0 Å². The normalized spacial score (nSPS) is 19.9. The summed E-state index contributed by atoms with van der Waals surface area (Å²) < 4.78 is 0.334. The van der Waals surface area contributed by atoms with E-state index in [1.165, 1.54) is 0 Å². The zero-order valence-electron chi connectivity index (χ0n) is 11.6. The van der Waals surface area contributed by atoms with Crippen LogP contribution in [-0.4, -0.2) is 39.6 Å². The second kappa shape index (κ2) is 5.97. The Hall–Kier alpha value is -1.00. The molecule has 0 amide bonds. The van der Waals surface area contributed by atoms with Crippen molar-refractivity contribution in [2.24, 2.45) is 0 Å². The van der Waals surface area contributed by atoms with Gasteiger partial charge in [-0.2, -0.15) is 11.8 Å². The van der Waals surface area contributed by atoms with Crippen LogP contribution in [-0.2, 0) is 6.54 Å². The number of benzene rings is 1. The molecule has 19 heavy (non-hydrogen) atoms. The minimum Gasteiger partial charge on any atom is -0.478 e. The van der Waals surface area contributed by atoms with Crippen LogP contribution >= 0.6 is 11.8 Å². The zero-order valence-corrected chi connectivity index (χ0v) is 12.4. The van der Waals surface area contributed by atoms with Crippen LogP contribution in [0.15, 0.2) is 24.3 Å². The van der Waals surface area contributed by atoms with E-state index in [1.54, 1.807) is 12.1 Å². The molecule has 0 spiro atoms. The third-order valence-corrected chi connectivity index (χ3v) is 4.94. The number of hydrogen-bond donors (Lipinski definition) is 1. The Kier molecular flexibility index (Phi) is 4.53. The Morgan fingerprint density at radius 1 is 1.37 bits per heavy atom. The molecule has 0 aromatic heterocycles. The van der Waals surface area contributed by atoms with E-state index in [0.717, 1.165) is 37.4 Å². The fourth-order valence-electron chi connectivity index (χ4n) is 2.33. The third-order valence-electron chi connectivity index (χ3n) is 3.57. The number of thioether (sulfide) groups is 1. The van der Waals surface area contributed by atoms with E-state index in [0.29, 0.717) is 10.3 Å². The first-order valence-electron chi connectivity index (χ1n) is 6.65. The lowest BCUT2D eigenvalue weighted by atomic mass is 10.1. The summed E-state index contributed by atoms with van der Waals surface area (Å²) in [5.74, 6) is 0.280. The van der Waals surface area contributed by atoms with E-state index in [4.69, 9.17) is 0 Å². The van der Waals surface area contributed by atoms with Crippen LogP contribution in [0.25, 0.3) is 0 Å². The van der Waals surface area contributed by atoms with Crippen LogP contribution in [0.4, 0.5) is 0 Å². The summed E-state index contributed by atoms with van der Waals surface area (Å²) in [6.07, 6.45) is 1.15. The summed E-state index contributed by atoms with van der Waals surface area (Å²) in [4.78, 5) is 13.6. The maximum Gasteiger partial charge on any atom is 0.336 e. The minimum absolute atomic E-state index is 0.334. The quantitative estimate of drug-likeness (QED) is 0.923. The van der Waals surface area contributed by atoms with Gasteiger partial charge in [-0.3, -0.25) is 4.90 Å². The van der Waals surface area contributed by atoms with Crippen molar-refractivity contribution in [1.29, 1.82) is 0 Å². The Morgan fingerprint density at radius 3 is 2.84 bits per heavy atom. The average Bonchev–Trinajstić information content (AvgIpc) is 2.51. The van der Waals surface area contributed by atoms with Gasteiger partial charge in [0.15, 0.2) is 0 Å². The molecule has 0 saturated carbocycles. The average molecular weight is 279 g/mol. The van der Waals surface area contributed by atoms with Crippen molar-refractivity contribution in [1.82, 2.24) is 4.90 Å². The molecular formula is C15H21NO2S. The number of carboxylic acid groups (broad SMARTS) is 1. The lowest BCUT2D eigenvalue weighted by Crippen LogP contribution is -2.27. The second-order valence-electron chi connectivity index (χ2n) is 5.60. The molecule has 1 heterocycles. The predicted octanol–water partition coefficient (Wildman–Crippen LogP) is 3.10. The number of aromatic carboxylic acids is 1. The van der Waals surface area contributed by atoms with Crippen molar-refractivity contribution < 1.29 is 9.90 Å². The minimum atomic E-state index is -0.833. The van der Waals surface area contributed by atoms with Crippen molar-refractivity contribution in [2.75, 3.05) is 18.8 Å². The molecule has 0 aliphatic carbocycles. The number of nitrogens with zero attached hydrogens (tertiary/aromatic N) is 1. The van der Waals surface area contributed by atoms with Crippen molar-refractivity contribution in [3.63, 3.8) is 0 Å². The zero-order chi connectivity index (χ0) is 13.9. The highest BCUT2D eigenvalue weighted by Crippen LogP contribution is 2.31. The van der Waals surface area contributed by atoms with Gasteiger partial charge in [-0.05, 0) is 24.6 Å². The topological polar surface area (TPSA) is 40.5 Å². The summed E-state index contributed by atoms with van der Waals surface area (Å²) >= 11 is 2.01. The van der Waals surface area contributed by atoms with Gasteiger partial charge in [-0.25, -0.2) is 4.79 Å². The maximum absolute atomic E-state index is 11.2. The highest BCUT2D eigenvalue weighted by atomic mass is 32.2. The van der Waals surface area contributed by atoms with Gasteiger partial charge in [0.05, 0.1) is 5.56 Å². The molecule has 4 heteroatoms. The summed E-state index contributed by atoms with van der Waals surface area (Å²) in [6, 6.07) is 7.31. The summed E-state index contributed by atoms with van der Waals surface area (Å²) in [7, 11) is 0. The van der Waals surface area contributed by atoms with Crippen LogP contribution in [0.5, 0.6) is 0 Å². The highest BCUT2D eigenvalue weighted by Gasteiger charge is 2.24. The van der Waals surface area contributed by atoms with Crippen LogP contribution in [0.2, 0.25) is 0 Å². The fraction of sp³-hybridized carbons (Fsp3) is 0.533. The lowest BCUT2D eigenvalue weighted by molar-refractivity contribution is 0.0694. The van der Waals surface area contributed by atoms with E-state index < -0.39 is 5.97 Å². The van der Waals surface area contributed by atoms with Crippen molar-refractivity contribution >= 4 is 17.7 Å². The van der Waals surface area contributed by atoms with Gasteiger partial charge >= 0.3 is 5.97 Å². The van der Waals surface area contributed by atoms with E-state index in [1.807, 2.05) is 23.9 Å². The summed E-state index contributed by atoms with van der Waals surface area (Å²) in [5.41, 5.74) is 1.35. The van der Waals surface area contributed by atoms with Gasteiger partial charge in [-0.1, -0.05) is 32.0 Å². The standard InChI is InChI=1S/C15H21NO2S/c1-15(2)7-8-16(9-10-19-15)11-12-5-3-4-6-13(12)14(17)18/h3-6H,7-11H2,1-2H3,(H,17,18). The Labute approximate surface area is 119 Å². The lowest BCUT2D eigenvalue weighted by Gasteiger charge is -2.23. The molecule has 0 unspecified atom stereocenters. The maximum atomic E-state index is 11.2. The van der Waals surface area contributed by atoms with E-state index >= 15 is 0 Å². The Morgan fingerprint density at radius 2 is 2.11 bits per heavy atom. The predicted molar refractivity (Wildman–Crippen MR) is 79.8 cm³/mol. The van der Waals surface area contributed by atoms with Crippen LogP contribution in [0.1, 0.15) is 36.2 Å². The Balaban J connectivity index is 2.07. The van der Waals surface area contributed by atoms with Crippen LogP contribution < -0.4 is 0 Å². The number of carboxylic acids is 1. The summed E-state index contributed by atoms with van der Waals surface area (Å²) in [5, 5.41) is 9.21. The number of rotatable bonds is 3. The van der Waals surface area contributed by atoms with Crippen LogP contribution in [0.3, 0.4) is 0 Å². The molecule has 1 saturated heterocycles. The monoisotopic (exact) mass is 279 g/mol. The number of hydrogen-bond acceptors (Lipinski definition) is 3.